The molecule has 0 aromatic heterocycles. The molecule has 0 amide bonds. The van der Waals surface area contributed by atoms with E-state index >= 15 is 0 Å². The molecule has 2 aromatic rings. The van der Waals surface area contributed by atoms with E-state index in [9.17, 15) is 0 Å². The maximum Gasteiger partial charge on any atom is 0.130 e. The minimum atomic E-state index is 0.560. The second-order valence-electron chi connectivity index (χ2n) is 3.86. The minimum Gasteiger partial charge on any atom is -0.457 e. The third-order valence-electron chi connectivity index (χ3n) is 2.50. The predicted octanol–water partition coefficient (Wildman–Crippen LogP) is 3.85. The Morgan fingerprint density at radius 1 is 1.18 bits per heavy atom. The Morgan fingerprint density at radius 2 is 2.00 bits per heavy atom. The van der Waals surface area contributed by atoms with Crippen LogP contribution in [-0.2, 0) is 6.54 Å². The lowest BCUT2D eigenvalue weighted by Crippen LogP contribution is -1.97. The highest BCUT2D eigenvalue weighted by Gasteiger charge is 2.02. The van der Waals surface area contributed by atoms with Crippen LogP contribution in [0.25, 0.3) is 0 Å². The number of aryl methyl sites for hydroxylation is 1. The lowest BCUT2D eigenvalue weighted by Gasteiger charge is -2.10. The van der Waals surface area contributed by atoms with E-state index in [-0.39, 0.29) is 0 Å². The smallest absolute Gasteiger partial charge is 0.130 e. The Balaban J connectivity index is 2.24. The Bertz CT molecular complexity index is 525. The molecule has 0 atom stereocenters. The molecule has 88 valence electrons. The maximum atomic E-state index is 5.84. The van der Waals surface area contributed by atoms with Gasteiger partial charge in [0.25, 0.3) is 0 Å². The number of nitrogens with two attached hydrogens (primary N) is 1. The van der Waals surface area contributed by atoms with Crippen LogP contribution in [0.3, 0.4) is 0 Å². The second kappa shape index (κ2) is 5.51. The van der Waals surface area contributed by atoms with Crippen LogP contribution in [0, 0.1) is 10.5 Å². The molecule has 2 rings (SSSR count). The topological polar surface area (TPSA) is 35.2 Å². The SMILES string of the molecule is Cc1cc(CN)ccc1Oc1cccc(I)c1. The first-order valence-corrected chi connectivity index (χ1v) is 6.50. The normalized spacial score (nSPS) is 10.3. The molecule has 3 heteroatoms. The second-order valence-corrected chi connectivity index (χ2v) is 5.11. The summed E-state index contributed by atoms with van der Waals surface area (Å²) in [4.78, 5) is 0. The molecule has 0 saturated carbocycles. The van der Waals surface area contributed by atoms with Crippen molar-refractivity contribution >= 4 is 22.6 Å². The average Bonchev–Trinajstić information content (AvgIpc) is 2.32. The van der Waals surface area contributed by atoms with Crippen LogP contribution in [-0.4, -0.2) is 0 Å². The van der Waals surface area contributed by atoms with Crippen LogP contribution in [0.5, 0.6) is 11.5 Å². The van der Waals surface area contributed by atoms with Gasteiger partial charge in [0, 0.05) is 10.1 Å². The lowest BCUT2D eigenvalue weighted by molar-refractivity contribution is 0.478. The van der Waals surface area contributed by atoms with Crippen molar-refractivity contribution < 1.29 is 4.74 Å². The quantitative estimate of drug-likeness (QED) is 0.862. The predicted molar refractivity (Wildman–Crippen MR) is 78.3 cm³/mol. The molecule has 2 N–H and O–H groups in total. The van der Waals surface area contributed by atoms with Gasteiger partial charge < -0.3 is 10.5 Å². The van der Waals surface area contributed by atoms with Gasteiger partial charge in [0.05, 0.1) is 0 Å². The van der Waals surface area contributed by atoms with Gasteiger partial charge in [0.15, 0.2) is 0 Å². The zero-order valence-corrected chi connectivity index (χ0v) is 11.8. The molecule has 0 unspecified atom stereocenters. The van der Waals surface area contributed by atoms with Crippen LogP contribution in [0.1, 0.15) is 11.1 Å². The van der Waals surface area contributed by atoms with E-state index in [0.29, 0.717) is 6.54 Å². The van der Waals surface area contributed by atoms with E-state index in [0.717, 1.165) is 26.2 Å². The van der Waals surface area contributed by atoms with E-state index in [4.69, 9.17) is 10.5 Å². The largest absolute Gasteiger partial charge is 0.457 e. The van der Waals surface area contributed by atoms with Gasteiger partial charge in [0.2, 0.25) is 0 Å². The van der Waals surface area contributed by atoms with E-state index in [2.05, 4.69) is 28.7 Å². The summed E-state index contributed by atoms with van der Waals surface area (Å²) in [5.41, 5.74) is 7.83. The number of benzene rings is 2. The fourth-order valence-corrected chi connectivity index (χ4v) is 2.12. The van der Waals surface area contributed by atoms with Crippen molar-refractivity contribution in [1.82, 2.24) is 0 Å². The first kappa shape index (κ1) is 12.4. The van der Waals surface area contributed by atoms with Crippen molar-refractivity contribution in [3.05, 3.63) is 57.2 Å². The number of rotatable bonds is 3. The first-order valence-electron chi connectivity index (χ1n) is 5.42. The number of halogens is 1. The molecular formula is C14H14INO. The lowest BCUT2D eigenvalue weighted by atomic mass is 10.1. The summed E-state index contributed by atoms with van der Waals surface area (Å²) in [6.07, 6.45) is 0. The van der Waals surface area contributed by atoms with Gasteiger partial charge in [-0.15, -0.1) is 0 Å². The summed E-state index contributed by atoms with van der Waals surface area (Å²) in [5, 5.41) is 0. The van der Waals surface area contributed by atoms with Gasteiger partial charge in [0.1, 0.15) is 11.5 Å². The Hall–Kier alpha value is -1.07. The van der Waals surface area contributed by atoms with Crippen LogP contribution in [0.2, 0.25) is 0 Å². The van der Waals surface area contributed by atoms with Crippen molar-refractivity contribution in [3.8, 4) is 11.5 Å². The molecule has 0 aliphatic carbocycles. The molecule has 0 aliphatic heterocycles. The Morgan fingerprint density at radius 3 is 2.65 bits per heavy atom. The van der Waals surface area contributed by atoms with Crippen molar-refractivity contribution in [2.75, 3.05) is 0 Å². The van der Waals surface area contributed by atoms with Crippen LogP contribution in [0.4, 0.5) is 0 Å². The summed E-state index contributed by atoms with van der Waals surface area (Å²) in [6, 6.07) is 14.0. The van der Waals surface area contributed by atoms with Crippen molar-refractivity contribution in [2.24, 2.45) is 5.73 Å². The van der Waals surface area contributed by atoms with E-state index in [1.165, 1.54) is 0 Å². The molecule has 0 radical (unpaired) electrons. The summed E-state index contributed by atoms with van der Waals surface area (Å²) >= 11 is 2.27. The molecule has 17 heavy (non-hydrogen) atoms. The average molecular weight is 339 g/mol. The van der Waals surface area contributed by atoms with Gasteiger partial charge in [-0.25, -0.2) is 0 Å². The van der Waals surface area contributed by atoms with Gasteiger partial charge >= 0.3 is 0 Å². The Labute approximate surface area is 115 Å². The van der Waals surface area contributed by atoms with Gasteiger partial charge in [-0.2, -0.15) is 0 Å². The highest BCUT2D eigenvalue weighted by atomic mass is 127. The van der Waals surface area contributed by atoms with Crippen LogP contribution >= 0.6 is 22.6 Å². The number of ether oxygens (including phenoxy) is 1. The monoisotopic (exact) mass is 339 g/mol. The molecule has 0 fully saturated rings. The molecule has 0 saturated heterocycles. The van der Waals surface area contributed by atoms with Crippen molar-refractivity contribution in [2.45, 2.75) is 13.5 Å². The third-order valence-corrected chi connectivity index (χ3v) is 3.17. The fourth-order valence-electron chi connectivity index (χ4n) is 1.61. The first-order chi connectivity index (χ1) is 8.19. The maximum absolute atomic E-state index is 5.84. The molecule has 0 heterocycles. The summed E-state index contributed by atoms with van der Waals surface area (Å²) < 4.78 is 7.01. The molecule has 0 aliphatic rings. The highest BCUT2D eigenvalue weighted by molar-refractivity contribution is 14.1. The van der Waals surface area contributed by atoms with Crippen LogP contribution in [0.15, 0.2) is 42.5 Å². The number of hydrogen-bond donors (Lipinski definition) is 1. The molecule has 2 nitrogen and oxygen atoms in total. The van der Waals surface area contributed by atoms with Gasteiger partial charge in [-0.3, -0.25) is 0 Å². The molecule has 0 spiro atoms. The van der Waals surface area contributed by atoms with Crippen LogP contribution < -0.4 is 10.5 Å². The van der Waals surface area contributed by atoms with Gasteiger partial charge in [-0.1, -0.05) is 18.2 Å². The zero-order chi connectivity index (χ0) is 12.3. The van der Waals surface area contributed by atoms with Gasteiger partial charge in [-0.05, 0) is 64.9 Å². The Kier molecular flexibility index (Phi) is 4.02. The fraction of sp³-hybridized carbons (Fsp3) is 0.143. The zero-order valence-electron chi connectivity index (χ0n) is 9.61. The molecular weight excluding hydrogens is 325 g/mol. The summed E-state index contributed by atoms with van der Waals surface area (Å²) in [7, 11) is 0. The minimum absolute atomic E-state index is 0.560. The third kappa shape index (κ3) is 3.20. The van der Waals surface area contributed by atoms with E-state index in [1.54, 1.807) is 0 Å². The van der Waals surface area contributed by atoms with E-state index in [1.807, 2.05) is 43.3 Å². The summed E-state index contributed by atoms with van der Waals surface area (Å²) in [5.74, 6) is 1.74. The van der Waals surface area contributed by atoms with E-state index < -0.39 is 0 Å². The summed E-state index contributed by atoms with van der Waals surface area (Å²) in [6.45, 7) is 2.59. The molecule has 0 bridgehead atoms. The molecule has 2 aromatic carbocycles. The number of hydrogen-bond acceptors (Lipinski definition) is 2. The van der Waals surface area contributed by atoms with Crippen molar-refractivity contribution in [1.29, 1.82) is 0 Å². The highest BCUT2D eigenvalue weighted by Crippen LogP contribution is 2.26. The standard InChI is InChI=1S/C14H14INO/c1-10-7-11(9-16)5-6-14(10)17-13-4-2-3-12(15)8-13/h2-8H,9,16H2,1H3. The van der Waals surface area contributed by atoms with Crippen molar-refractivity contribution in [3.63, 3.8) is 0 Å².